The molecule has 2 bridgehead atoms. The van der Waals surface area contributed by atoms with Gasteiger partial charge in [0.1, 0.15) is 11.4 Å². The van der Waals surface area contributed by atoms with E-state index in [1.165, 1.54) is 0 Å². The number of carbonyl (C=O) groups is 3. The van der Waals surface area contributed by atoms with Crippen LogP contribution >= 0.6 is 0 Å². The summed E-state index contributed by atoms with van der Waals surface area (Å²) in [5.41, 5.74) is 1.38. The first-order chi connectivity index (χ1) is 18.9. The van der Waals surface area contributed by atoms with E-state index in [2.05, 4.69) is 20.2 Å². The van der Waals surface area contributed by atoms with Crippen LogP contribution in [-0.2, 0) is 32.8 Å². The number of nitrogens with zero attached hydrogens (tertiary/aromatic N) is 4. The summed E-state index contributed by atoms with van der Waals surface area (Å²) in [4.78, 5) is 67.3. The Morgan fingerprint density at radius 1 is 1.10 bits per heavy atom. The molecule has 4 aliphatic rings. The van der Waals surface area contributed by atoms with E-state index in [0.29, 0.717) is 62.5 Å². The number of aromatic amines is 1. The third-order valence-corrected chi connectivity index (χ3v) is 9.12. The van der Waals surface area contributed by atoms with Crippen LogP contribution in [0.3, 0.4) is 0 Å². The number of para-hydroxylation sites is 1. The zero-order chi connectivity index (χ0) is 27.3. The van der Waals surface area contributed by atoms with Gasteiger partial charge in [0.25, 0.3) is 11.5 Å². The Kier molecular flexibility index (Phi) is 6.53. The van der Waals surface area contributed by atoms with Crippen molar-refractivity contribution in [3.8, 4) is 0 Å². The van der Waals surface area contributed by atoms with Gasteiger partial charge in [0, 0.05) is 61.1 Å². The van der Waals surface area contributed by atoms with E-state index in [9.17, 15) is 19.2 Å². The van der Waals surface area contributed by atoms with E-state index < -0.39 is 11.5 Å². The fraction of sp³-hybridized carbons (Fsp3) is 0.552. The van der Waals surface area contributed by atoms with Crippen LogP contribution in [0.1, 0.15) is 55.3 Å². The van der Waals surface area contributed by atoms with Gasteiger partial charge >= 0.3 is 0 Å². The number of aromatic nitrogens is 2. The van der Waals surface area contributed by atoms with Crippen molar-refractivity contribution in [2.24, 2.45) is 5.92 Å². The minimum Gasteiger partial charge on any atom is -0.356 e. The Balaban J connectivity index is 1.32. The topological polar surface area (TPSA) is 119 Å². The van der Waals surface area contributed by atoms with E-state index in [1.807, 2.05) is 31.2 Å². The minimum absolute atomic E-state index is 0.0590. The number of anilines is 1. The molecule has 0 unspecified atom stereocenters. The highest BCUT2D eigenvalue weighted by Crippen LogP contribution is 2.57. The third kappa shape index (κ3) is 3.99. The first-order valence-corrected chi connectivity index (χ1v) is 14.2. The predicted octanol–water partition coefficient (Wildman–Crippen LogP) is 1.26. The number of hydrogen-bond donors (Lipinski definition) is 2. The summed E-state index contributed by atoms with van der Waals surface area (Å²) in [5, 5.41) is 3.09. The lowest BCUT2D eigenvalue weighted by atomic mass is 9.78. The van der Waals surface area contributed by atoms with E-state index in [1.54, 1.807) is 16.7 Å². The van der Waals surface area contributed by atoms with Gasteiger partial charge < -0.3 is 20.1 Å². The van der Waals surface area contributed by atoms with Crippen LogP contribution in [0.5, 0.6) is 0 Å². The number of hydrogen-bond acceptors (Lipinski definition) is 6. The molecule has 0 radical (unpaired) electrons. The highest BCUT2D eigenvalue weighted by molar-refractivity contribution is 6.11. The van der Waals surface area contributed by atoms with Crippen molar-refractivity contribution in [2.45, 2.75) is 64.0 Å². The molecule has 4 aliphatic heterocycles. The van der Waals surface area contributed by atoms with Crippen molar-refractivity contribution in [1.82, 2.24) is 25.1 Å². The SMILES string of the molecule is CCc1nc(C)c(CC(=O)N2CCCNC(=O)[C@@H]3C[C@@H]4CCCN4[C@@]34C(=O)N(CC2)c2ccccc24)c(=O)[nH]1. The van der Waals surface area contributed by atoms with Crippen LogP contribution in [0, 0.1) is 12.8 Å². The number of amides is 3. The van der Waals surface area contributed by atoms with Crippen LogP contribution in [0.25, 0.3) is 0 Å². The maximum atomic E-state index is 14.4. The summed E-state index contributed by atoms with van der Waals surface area (Å²) < 4.78 is 0. The van der Waals surface area contributed by atoms with E-state index >= 15 is 0 Å². The highest BCUT2D eigenvalue weighted by Gasteiger charge is 2.67. The summed E-state index contributed by atoms with van der Waals surface area (Å²) in [6.07, 6.45) is 3.84. The van der Waals surface area contributed by atoms with Gasteiger partial charge in [-0.15, -0.1) is 0 Å². The fourth-order valence-corrected chi connectivity index (χ4v) is 7.28. The molecule has 3 amide bonds. The van der Waals surface area contributed by atoms with Crippen molar-refractivity contribution < 1.29 is 14.4 Å². The molecule has 10 heteroatoms. The summed E-state index contributed by atoms with van der Waals surface area (Å²) in [5.74, 6) is -0.177. The van der Waals surface area contributed by atoms with Crippen LogP contribution in [0.2, 0.25) is 0 Å². The number of benzene rings is 1. The zero-order valence-corrected chi connectivity index (χ0v) is 22.7. The number of H-pyrrole nitrogens is 1. The van der Waals surface area contributed by atoms with Crippen LogP contribution in [-0.4, -0.2) is 76.3 Å². The van der Waals surface area contributed by atoms with Gasteiger partial charge in [-0.2, -0.15) is 0 Å². The second-order valence-corrected chi connectivity index (χ2v) is 11.2. The van der Waals surface area contributed by atoms with Crippen molar-refractivity contribution in [1.29, 1.82) is 0 Å². The fourth-order valence-electron chi connectivity index (χ4n) is 7.28. The smallest absolute Gasteiger partial charge is 0.254 e. The molecule has 3 saturated heterocycles. The third-order valence-electron chi connectivity index (χ3n) is 9.12. The highest BCUT2D eigenvalue weighted by atomic mass is 16.2. The number of fused-ring (bicyclic) bond motifs is 4. The number of nitrogens with one attached hydrogen (secondary N) is 2. The summed E-state index contributed by atoms with van der Waals surface area (Å²) in [6.45, 7) is 5.98. The van der Waals surface area contributed by atoms with Gasteiger partial charge in [-0.3, -0.25) is 24.1 Å². The molecule has 39 heavy (non-hydrogen) atoms. The second-order valence-electron chi connectivity index (χ2n) is 11.2. The number of carbonyl (C=O) groups excluding carboxylic acids is 3. The van der Waals surface area contributed by atoms with Crippen molar-refractivity contribution in [3.05, 3.63) is 57.3 Å². The average molecular weight is 533 g/mol. The van der Waals surface area contributed by atoms with Crippen LogP contribution in [0.15, 0.2) is 29.1 Å². The molecular formula is C29H36N6O4. The van der Waals surface area contributed by atoms with Crippen molar-refractivity contribution in [2.75, 3.05) is 37.6 Å². The molecular weight excluding hydrogens is 496 g/mol. The molecule has 3 fully saturated rings. The van der Waals surface area contributed by atoms with Gasteiger partial charge in [-0.1, -0.05) is 25.1 Å². The molecule has 2 N–H and O–H groups in total. The molecule has 1 aromatic carbocycles. The molecule has 1 spiro atoms. The Bertz CT molecular complexity index is 1390. The molecule has 2 aromatic rings. The number of aryl methyl sites for hydroxylation is 2. The van der Waals surface area contributed by atoms with Gasteiger partial charge in [-0.05, 0) is 45.2 Å². The molecule has 206 valence electrons. The van der Waals surface area contributed by atoms with Crippen molar-refractivity contribution in [3.63, 3.8) is 0 Å². The van der Waals surface area contributed by atoms with E-state index in [4.69, 9.17) is 0 Å². The molecule has 6 rings (SSSR count). The maximum absolute atomic E-state index is 14.4. The Labute approximate surface area is 227 Å². The molecule has 1 aromatic heterocycles. The molecule has 0 aliphatic carbocycles. The van der Waals surface area contributed by atoms with Crippen LogP contribution in [0.4, 0.5) is 5.69 Å². The zero-order valence-electron chi connectivity index (χ0n) is 22.7. The largest absolute Gasteiger partial charge is 0.356 e. The van der Waals surface area contributed by atoms with Crippen LogP contribution < -0.4 is 15.8 Å². The summed E-state index contributed by atoms with van der Waals surface area (Å²) in [6, 6.07) is 8.04. The quantitative estimate of drug-likeness (QED) is 0.615. The lowest BCUT2D eigenvalue weighted by Crippen LogP contribution is -2.57. The summed E-state index contributed by atoms with van der Waals surface area (Å²) >= 11 is 0. The second kappa shape index (κ2) is 9.89. The lowest BCUT2D eigenvalue weighted by molar-refractivity contribution is -0.139. The van der Waals surface area contributed by atoms with E-state index in [0.717, 1.165) is 30.6 Å². The average Bonchev–Trinajstić information content (AvgIpc) is 3.58. The first-order valence-electron chi connectivity index (χ1n) is 14.2. The standard InChI is InChI=1S/C29H36N6O4/c1-3-24-31-18(2)20(26(37)32-24)17-25(36)33-12-7-11-30-27(38)22-16-19-8-6-13-35(19)29(22)21-9-4-5-10-23(21)34(15-14-33)28(29)39/h4-5,9-10,19,22H,3,6-8,11-17H2,1-2H3,(H,30,38)(H,31,32,37)/t19-,22-,29+/m0/s1. The first kappa shape index (κ1) is 25.7. The molecule has 10 nitrogen and oxygen atoms in total. The predicted molar refractivity (Wildman–Crippen MR) is 145 cm³/mol. The minimum atomic E-state index is -0.993. The Hall–Kier alpha value is -3.53. The van der Waals surface area contributed by atoms with Gasteiger partial charge in [0.2, 0.25) is 11.8 Å². The lowest BCUT2D eigenvalue weighted by Gasteiger charge is -2.38. The Morgan fingerprint density at radius 2 is 1.92 bits per heavy atom. The summed E-state index contributed by atoms with van der Waals surface area (Å²) in [7, 11) is 0. The van der Waals surface area contributed by atoms with Crippen molar-refractivity contribution >= 4 is 23.4 Å². The van der Waals surface area contributed by atoms with Gasteiger partial charge in [0.05, 0.1) is 12.3 Å². The number of rotatable bonds is 3. The molecule has 3 atom stereocenters. The molecule has 5 heterocycles. The Morgan fingerprint density at radius 3 is 2.72 bits per heavy atom. The maximum Gasteiger partial charge on any atom is 0.254 e. The normalized spacial score (nSPS) is 26.9. The van der Waals surface area contributed by atoms with E-state index in [-0.39, 0.29) is 35.7 Å². The monoisotopic (exact) mass is 532 g/mol. The van der Waals surface area contributed by atoms with Gasteiger partial charge in [0.15, 0.2) is 0 Å². The van der Waals surface area contributed by atoms with Gasteiger partial charge in [-0.25, -0.2) is 4.98 Å². The molecule has 0 saturated carbocycles.